The van der Waals surface area contributed by atoms with Crippen LogP contribution in [0.15, 0.2) is 53.0 Å². The Morgan fingerprint density at radius 3 is 2.46 bits per heavy atom. The molecule has 1 aromatic carbocycles. The molecule has 0 radical (unpaired) electrons. The maximum atomic E-state index is 12.7. The van der Waals surface area contributed by atoms with Crippen molar-refractivity contribution in [2.24, 2.45) is 0 Å². The van der Waals surface area contributed by atoms with Gasteiger partial charge in [-0.15, -0.1) is 11.3 Å². The summed E-state index contributed by atoms with van der Waals surface area (Å²) in [4.78, 5) is 5.34. The van der Waals surface area contributed by atoms with Crippen LogP contribution in [0.5, 0.6) is 0 Å². The van der Waals surface area contributed by atoms with Crippen molar-refractivity contribution < 1.29 is 8.42 Å². The van der Waals surface area contributed by atoms with Crippen molar-refractivity contribution in [2.45, 2.75) is 25.7 Å². The van der Waals surface area contributed by atoms with Gasteiger partial charge in [-0.3, -0.25) is 9.71 Å². The lowest BCUT2D eigenvalue weighted by Gasteiger charge is -2.13. The zero-order valence-corrected chi connectivity index (χ0v) is 15.3. The van der Waals surface area contributed by atoms with Gasteiger partial charge in [-0.05, 0) is 66.6 Å². The zero-order valence-electron chi connectivity index (χ0n) is 13.7. The molecule has 1 N–H and O–H groups in total. The van der Waals surface area contributed by atoms with Gasteiger partial charge in [0, 0.05) is 17.3 Å². The molecule has 24 heavy (non-hydrogen) atoms. The molecule has 0 bridgehead atoms. The Hall–Kier alpha value is -2.18. The van der Waals surface area contributed by atoms with E-state index in [2.05, 4.69) is 28.1 Å². The van der Waals surface area contributed by atoms with Crippen molar-refractivity contribution >= 4 is 27.0 Å². The molecule has 0 fully saturated rings. The number of benzene rings is 1. The van der Waals surface area contributed by atoms with Gasteiger partial charge in [-0.2, -0.15) is 0 Å². The highest BCUT2D eigenvalue weighted by molar-refractivity contribution is 7.92. The molecule has 0 atom stereocenters. The van der Waals surface area contributed by atoms with Crippen molar-refractivity contribution in [1.82, 2.24) is 4.98 Å². The summed E-state index contributed by atoms with van der Waals surface area (Å²) in [7, 11) is -3.67. The van der Waals surface area contributed by atoms with E-state index >= 15 is 0 Å². The number of rotatable bonds is 4. The molecule has 0 aliphatic heterocycles. The van der Waals surface area contributed by atoms with Crippen LogP contribution in [-0.4, -0.2) is 13.4 Å². The first kappa shape index (κ1) is 16.7. The summed E-state index contributed by atoms with van der Waals surface area (Å²) in [5.74, 6) is 0. The minimum Gasteiger partial charge on any atom is -0.279 e. The van der Waals surface area contributed by atoms with E-state index in [1.54, 1.807) is 30.5 Å². The molecule has 0 spiro atoms. The minimum absolute atomic E-state index is 0.196. The predicted molar refractivity (Wildman–Crippen MR) is 99.0 cm³/mol. The zero-order chi connectivity index (χ0) is 17.3. The lowest BCUT2D eigenvalue weighted by Crippen LogP contribution is -2.15. The fourth-order valence-electron chi connectivity index (χ4n) is 2.44. The van der Waals surface area contributed by atoms with Crippen LogP contribution in [0.2, 0.25) is 0 Å². The monoisotopic (exact) mass is 358 g/mol. The van der Waals surface area contributed by atoms with Gasteiger partial charge < -0.3 is 0 Å². The van der Waals surface area contributed by atoms with Crippen LogP contribution in [0.1, 0.15) is 16.0 Å². The Kier molecular flexibility index (Phi) is 4.43. The second kappa shape index (κ2) is 6.37. The maximum Gasteiger partial charge on any atom is 0.263 e. The standard InChI is InChI=1S/C18H18N2O2S2/c1-12-4-5-15(16-8-14(3)23-11-16)9-17(12)20-24(21,22)18-10-19-7-6-13(18)2/h4-11,20H,1-3H3. The Morgan fingerprint density at radius 1 is 1.00 bits per heavy atom. The maximum absolute atomic E-state index is 12.7. The van der Waals surface area contributed by atoms with Crippen LogP contribution in [0.3, 0.4) is 0 Å². The summed E-state index contributed by atoms with van der Waals surface area (Å²) in [6, 6.07) is 9.59. The fraction of sp³-hybridized carbons (Fsp3) is 0.167. The molecule has 0 saturated heterocycles. The van der Waals surface area contributed by atoms with E-state index in [9.17, 15) is 8.42 Å². The van der Waals surface area contributed by atoms with Crippen LogP contribution in [0, 0.1) is 20.8 Å². The molecule has 0 unspecified atom stereocenters. The molecular weight excluding hydrogens is 340 g/mol. The molecule has 0 aliphatic rings. The third-order valence-electron chi connectivity index (χ3n) is 3.83. The van der Waals surface area contributed by atoms with Gasteiger partial charge in [0.05, 0.1) is 5.69 Å². The lowest BCUT2D eigenvalue weighted by molar-refractivity contribution is 0.600. The summed E-state index contributed by atoms with van der Waals surface area (Å²) < 4.78 is 28.1. The van der Waals surface area contributed by atoms with Crippen LogP contribution in [0.25, 0.3) is 11.1 Å². The number of aromatic nitrogens is 1. The van der Waals surface area contributed by atoms with Crippen LogP contribution < -0.4 is 4.72 Å². The Bertz CT molecular complexity index is 992. The number of hydrogen-bond donors (Lipinski definition) is 1. The van der Waals surface area contributed by atoms with Crippen LogP contribution in [0.4, 0.5) is 5.69 Å². The number of sulfonamides is 1. The molecule has 0 aliphatic carbocycles. The highest BCUT2D eigenvalue weighted by Gasteiger charge is 2.18. The van der Waals surface area contributed by atoms with Gasteiger partial charge in [0.15, 0.2) is 0 Å². The largest absolute Gasteiger partial charge is 0.279 e. The smallest absolute Gasteiger partial charge is 0.263 e. The summed E-state index contributed by atoms with van der Waals surface area (Å²) in [6.45, 7) is 5.70. The summed E-state index contributed by atoms with van der Waals surface area (Å²) in [5.41, 5.74) is 4.20. The molecule has 2 aromatic heterocycles. The van der Waals surface area contributed by atoms with E-state index in [1.807, 2.05) is 25.1 Å². The minimum atomic E-state index is -3.67. The number of pyridine rings is 1. The van der Waals surface area contributed by atoms with E-state index in [0.29, 0.717) is 11.3 Å². The molecular formula is C18H18N2O2S2. The van der Waals surface area contributed by atoms with Crippen molar-refractivity contribution in [3.63, 3.8) is 0 Å². The van der Waals surface area contributed by atoms with Crippen LogP contribution in [-0.2, 0) is 10.0 Å². The number of hydrogen-bond acceptors (Lipinski definition) is 4. The average Bonchev–Trinajstić information content (AvgIpc) is 2.96. The third-order valence-corrected chi connectivity index (χ3v) is 6.18. The van der Waals surface area contributed by atoms with Gasteiger partial charge in [0.2, 0.25) is 0 Å². The topological polar surface area (TPSA) is 59.1 Å². The normalized spacial score (nSPS) is 11.5. The SMILES string of the molecule is Cc1cc(-c2ccc(C)c(NS(=O)(=O)c3cnccc3C)c2)cs1. The number of aryl methyl sites for hydroxylation is 3. The molecule has 2 heterocycles. The van der Waals surface area contributed by atoms with Crippen molar-refractivity contribution in [2.75, 3.05) is 4.72 Å². The van der Waals surface area contributed by atoms with E-state index < -0.39 is 10.0 Å². The van der Waals surface area contributed by atoms with Gasteiger partial charge in [0.1, 0.15) is 4.90 Å². The first-order valence-corrected chi connectivity index (χ1v) is 9.83. The van der Waals surface area contributed by atoms with E-state index in [0.717, 1.165) is 16.7 Å². The molecule has 6 heteroatoms. The van der Waals surface area contributed by atoms with Gasteiger partial charge in [0.25, 0.3) is 10.0 Å². The summed E-state index contributed by atoms with van der Waals surface area (Å²) >= 11 is 1.67. The molecule has 3 aromatic rings. The first-order chi connectivity index (χ1) is 11.4. The molecule has 4 nitrogen and oxygen atoms in total. The van der Waals surface area contributed by atoms with Gasteiger partial charge in [-0.25, -0.2) is 8.42 Å². The molecule has 3 rings (SSSR count). The van der Waals surface area contributed by atoms with Gasteiger partial charge >= 0.3 is 0 Å². The van der Waals surface area contributed by atoms with E-state index in [1.165, 1.54) is 11.1 Å². The van der Waals surface area contributed by atoms with Crippen molar-refractivity contribution in [3.8, 4) is 11.1 Å². The Balaban J connectivity index is 1.99. The second-order valence-corrected chi connectivity index (χ2v) is 8.49. The van der Waals surface area contributed by atoms with Gasteiger partial charge in [-0.1, -0.05) is 12.1 Å². The Labute approximate surface area is 146 Å². The number of nitrogens with one attached hydrogen (secondary N) is 1. The van der Waals surface area contributed by atoms with E-state index in [-0.39, 0.29) is 4.90 Å². The quantitative estimate of drug-likeness (QED) is 0.745. The highest BCUT2D eigenvalue weighted by Crippen LogP contribution is 2.30. The number of anilines is 1. The second-order valence-electron chi connectivity index (χ2n) is 5.72. The average molecular weight is 358 g/mol. The summed E-state index contributed by atoms with van der Waals surface area (Å²) in [6.07, 6.45) is 2.96. The fourth-order valence-corrected chi connectivity index (χ4v) is 4.46. The first-order valence-electron chi connectivity index (χ1n) is 7.46. The highest BCUT2D eigenvalue weighted by atomic mass is 32.2. The molecule has 0 saturated carbocycles. The van der Waals surface area contributed by atoms with E-state index in [4.69, 9.17) is 0 Å². The van der Waals surface area contributed by atoms with Crippen LogP contribution >= 0.6 is 11.3 Å². The lowest BCUT2D eigenvalue weighted by atomic mass is 10.1. The third kappa shape index (κ3) is 3.34. The predicted octanol–water partition coefficient (Wildman–Crippen LogP) is 4.54. The number of nitrogens with zero attached hydrogens (tertiary/aromatic N) is 1. The molecule has 124 valence electrons. The summed E-state index contributed by atoms with van der Waals surface area (Å²) in [5, 5.41) is 2.07. The molecule has 0 amide bonds. The Morgan fingerprint density at radius 2 is 1.79 bits per heavy atom. The van der Waals surface area contributed by atoms with Crippen molar-refractivity contribution in [3.05, 3.63) is 64.1 Å². The number of thiophene rings is 1. The van der Waals surface area contributed by atoms with Crippen molar-refractivity contribution in [1.29, 1.82) is 0 Å².